The molecule has 19 heavy (non-hydrogen) atoms. The Balaban J connectivity index is 2.37. The quantitative estimate of drug-likeness (QED) is 0.678. The highest BCUT2D eigenvalue weighted by molar-refractivity contribution is 14.1. The second kappa shape index (κ2) is 6.72. The summed E-state index contributed by atoms with van der Waals surface area (Å²) in [6, 6.07) is 14.3. The second-order valence-electron chi connectivity index (χ2n) is 4.22. The molecule has 0 bridgehead atoms. The molecule has 2 aromatic carbocycles. The van der Waals surface area contributed by atoms with Gasteiger partial charge in [0.25, 0.3) is 0 Å². The smallest absolute Gasteiger partial charge is 0.140 e. The van der Waals surface area contributed by atoms with E-state index in [1.165, 1.54) is 0 Å². The van der Waals surface area contributed by atoms with Crippen molar-refractivity contribution in [3.8, 4) is 11.5 Å². The average molecular weight is 432 g/mol. The summed E-state index contributed by atoms with van der Waals surface area (Å²) in [5.74, 6) is 1.77. The van der Waals surface area contributed by atoms with Crippen LogP contribution in [0.15, 0.2) is 46.9 Å². The third-order valence-electron chi connectivity index (χ3n) is 2.93. The Hall–Kier alpha value is -0.590. The van der Waals surface area contributed by atoms with E-state index in [0.29, 0.717) is 0 Å². The lowest BCUT2D eigenvalue weighted by atomic mass is 10.1. The Morgan fingerprint density at radius 2 is 1.89 bits per heavy atom. The van der Waals surface area contributed by atoms with Crippen LogP contribution in [0.3, 0.4) is 0 Å². The van der Waals surface area contributed by atoms with Crippen LogP contribution < -0.4 is 10.1 Å². The van der Waals surface area contributed by atoms with E-state index in [1.54, 1.807) is 0 Å². The summed E-state index contributed by atoms with van der Waals surface area (Å²) in [5.41, 5.74) is 1.14. The SMILES string of the molecule is CNC(C)c1cc(Br)ccc1Oc1ccccc1I. The molecule has 0 fully saturated rings. The van der Waals surface area contributed by atoms with Crippen LogP contribution in [0, 0.1) is 3.57 Å². The van der Waals surface area contributed by atoms with Gasteiger partial charge in [0.15, 0.2) is 0 Å². The fraction of sp³-hybridized carbons (Fsp3) is 0.200. The first-order valence-corrected chi connectivity index (χ1v) is 7.88. The number of para-hydroxylation sites is 1. The highest BCUT2D eigenvalue weighted by atomic mass is 127. The van der Waals surface area contributed by atoms with E-state index in [9.17, 15) is 0 Å². The van der Waals surface area contributed by atoms with Crippen LogP contribution in [0.2, 0.25) is 0 Å². The molecule has 0 radical (unpaired) electrons. The number of rotatable bonds is 4. The number of hydrogen-bond acceptors (Lipinski definition) is 2. The van der Waals surface area contributed by atoms with Crippen LogP contribution >= 0.6 is 38.5 Å². The van der Waals surface area contributed by atoms with Crippen LogP contribution in [0.25, 0.3) is 0 Å². The van der Waals surface area contributed by atoms with Crippen LogP contribution in [-0.4, -0.2) is 7.05 Å². The molecule has 0 aromatic heterocycles. The summed E-state index contributed by atoms with van der Waals surface area (Å²) in [6.07, 6.45) is 0. The topological polar surface area (TPSA) is 21.3 Å². The van der Waals surface area contributed by atoms with Crippen molar-refractivity contribution in [1.29, 1.82) is 0 Å². The Kier molecular flexibility index (Phi) is 5.24. The first-order chi connectivity index (χ1) is 9.11. The zero-order chi connectivity index (χ0) is 13.8. The van der Waals surface area contributed by atoms with Gasteiger partial charge in [0.1, 0.15) is 11.5 Å². The summed E-state index contributed by atoms with van der Waals surface area (Å²) in [5, 5.41) is 3.25. The standard InChI is InChI=1S/C15H15BrINO/c1-10(18-2)12-9-11(16)7-8-14(12)19-15-6-4-3-5-13(15)17/h3-10,18H,1-2H3. The molecule has 0 aliphatic carbocycles. The third kappa shape index (κ3) is 3.70. The molecular formula is C15H15BrINO. The monoisotopic (exact) mass is 431 g/mol. The number of halogens is 2. The Bertz CT molecular complexity index is 574. The van der Waals surface area contributed by atoms with E-state index in [4.69, 9.17) is 4.74 Å². The van der Waals surface area contributed by atoms with Crippen molar-refractivity contribution in [2.75, 3.05) is 7.05 Å². The molecular weight excluding hydrogens is 417 g/mol. The van der Waals surface area contributed by atoms with E-state index >= 15 is 0 Å². The Labute approximate surface area is 135 Å². The van der Waals surface area contributed by atoms with Crippen molar-refractivity contribution in [2.45, 2.75) is 13.0 Å². The maximum atomic E-state index is 6.05. The highest BCUT2D eigenvalue weighted by Crippen LogP contribution is 2.33. The van der Waals surface area contributed by atoms with Crippen LogP contribution in [-0.2, 0) is 0 Å². The predicted molar refractivity (Wildman–Crippen MR) is 90.8 cm³/mol. The first kappa shape index (κ1) is 14.8. The molecule has 0 amide bonds. The summed E-state index contributed by atoms with van der Waals surface area (Å²) in [6.45, 7) is 2.12. The van der Waals surface area contributed by atoms with E-state index in [-0.39, 0.29) is 6.04 Å². The van der Waals surface area contributed by atoms with E-state index in [0.717, 1.165) is 25.1 Å². The van der Waals surface area contributed by atoms with Gasteiger partial charge in [-0.3, -0.25) is 0 Å². The van der Waals surface area contributed by atoms with Crippen molar-refractivity contribution in [3.05, 3.63) is 56.1 Å². The number of benzene rings is 2. The molecule has 0 saturated heterocycles. The molecule has 4 heteroatoms. The second-order valence-corrected chi connectivity index (χ2v) is 6.30. The van der Waals surface area contributed by atoms with Gasteiger partial charge in [-0.25, -0.2) is 0 Å². The lowest BCUT2D eigenvalue weighted by Crippen LogP contribution is -2.13. The molecule has 100 valence electrons. The van der Waals surface area contributed by atoms with Gasteiger partial charge in [-0.2, -0.15) is 0 Å². The lowest BCUT2D eigenvalue weighted by Gasteiger charge is -2.17. The largest absolute Gasteiger partial charge is 0.456 e. The minimum atomic E-state index is 0.230. The minimum Gasteiger partial charge on any atom is -0.456 e. The molecule has 1 atom stereocenters. The van der Waals surface area contributed by atoms with Gasteiger partial charge in [0.2, 0.25) is 0 Å². The lowest BCUT2D eigenvalue weighted by molar-refractivity contribution is 0.463. The molecule has 2 nitrogen and oxygen atoms in total. The van der Waals surface area contributed by atoms with Gasteiger partial charge in [-0.05, 0) is 66.9 Å². The molecule has 0 heterocycles. The molecule has 0 saturated carbocycles. The Morgan fingerprint density at radius 3 is 2.58 bits per heavy atom. The molecule has 1 N–H and O–H groups in total. The molecule has 0 aliphatic rings. The predicted octanol–water partition coefficient (Wildman–Crippen LogP) is 5.13. The normalized spacial score (nSPS) is 12.2. The first-order valence-electron chi connectivity index (χ1n) is 6.01. The summed E-state index contributed by atoms with van der Waals surface area (Å²) >= 11 is 5.79. The summed E-state index contributed by atoms with van der Waals surface area (Å²) in [7, 11) is 1.95. The van der Waals surface area contributed by atoms with Gasteiger partial charge < -0.3 is 10.1 Å². The van der Waals surface area contributed by atoms with Gasteiger partial charge in [0, 0.05) is 16.1 Å². The number of hydrogen-bond donors (Lipinski definition) is 1. The van der Waals surface area contributed by atoms with Crippen molar-refractivity contribution in [2.24, 2.45) is 0 Å². The molecule has 0 aliphatic heterocycles. The van der Waals surface area contributed by atoms with Crippen molar-refractivity contribution in [3.63, 3.8) is 0 Å². The Morgan fingerprint density at radius 1 is 1.16 bits per heavy atom. The maximum Gasteiger partial charge on any atom is 0.140 e. The number of ether oxygens (including phenoxy) is 1. The molecule has 1 unspecified atom stereocenters. The minimum absolute atomic E-state index is 0.230. The van der Waals surface area contributed by atoms with Crippen LogP contribution in [0.4, 0.5) is 0 Å². The zero-order valence-corrected chi connectivity index (χ0v) is 14.5. The van der Waals surface area contributed by atoms with Gasteiger partial charge >= 0.3 is 0 Å². The van der Waals surface area contributed by atoms with E-state index in [1.807, 2.05) is 43.4 Å². The summed E-state index contributed by atoms with van der Waals surface area (Å²) < 4.78 is 8.21. The van der Waals surface area contributed by atoms with Crippen molar-refractivity contribution < 1.29 is 4.74 Å². The maximum absolute atomic E-state index is 6.05. The number of nitrogens with one attached hydrogen (secondary N) is 1. The van der Waals surface area contributed by atoms with Crippen LogP contribution in [0.5, 0.6) is 11.5 Å². The molecule has 2 aromatic rings. The van der Waals surface area contributed by atoms with Crippen molar-refractivity contribution >= 4 is 38.5 Å². The molecule has 2 rings (SSSR count). The fourth-order valence-electron chi connectivity index (χ4n) is 1.75. The van der Waals surface area contributed by atoms with Crippen LogP contribution in [0.1, 0.15) is 18.5 Å². The van der Waals surface area contributed by atoms with Gasteiger partial charge in [-0.1, -0.05) is 28.1 Å². The zero-order valence-electron chi connectivity index (χ0n) is 10.8. The average Bonchev–Trinajstić information content (AvgIpc) is 2.42. The van der Waals surface area contributed by atoms with Crippen molar-refractivity contribution in [1.82, 2.24) is 5.32 Å². The highest BCUT2D eigenvalue weighted by Gasteiger charge is 2.12. The van der Waals surface area contributed by atoms with Gasteiger partial charge in [0.05, 0.1) is 3.57 Å². The summed E-state index contributed by atoms with van der Waals surface area (Å²) in [4.78, 5) is 0. The fourth-order valence-corrected chi connectivity index (χ4v) is 2.63. The third-order valence-corrected chi connectivity index (χ3v) is 4.31. The molecule has 0 spiro atoms. The van der Waals surface area contributed by atoms with E-state index in [2.05, 4.69) is 56.8 Å². The van der Waals surface area contributed by atoms with E-state index < -0.39 is 0 Å². The van der Waals surface area contributed by atoms with Gasteiger partial charge in [-0.15, -0.1) is 0 Å².